The maximum absolute atomic E-state index is 5.45. The molecule has 17 heavy (non-hydrogen) atoms. The first-order chi connectivity index (χ1) is 8.24. The van der Waals surface area contributed by atoms with Gasteiger partial charge in [0, 0.05) is 17.9 Å². The molecule has 0 N–H and O–H groups in total. The van der Waals surface area contributed by atoms with E-state index in [0.29, 0.717) is 10.7 Å². The van der Waals surface area contributed by atoms with E-state index in [4.69, 9.17) is 4.74 Å². The predicted octanol–water partition coefficient (Wildman–Crippen LogP) is 3.20. The molecule has 1 aliphatic heterocycles. The molecule has 2 aromatic rings. The second-order valence-corrected chi connectivity index (χ2v) is 5.17. The fourth-order valence-electron chi connectivity index (χ4n) is 2.30. The van der Waals surface area contributed by atoms with Gasteiger partial charge in [0.15, 0.2) is 4.73 Å². The monoisotopic (exact) mass is 292 g/mol. The highest BCUT2D eigenvalue weighted by atomic mass is 79.9. The van der Waals surface area contributed by atoms with Crippen LogP contribution in [0.25, 0.3) is 10.9 Å². The van der Waals surface area contributed by atoms with Crippen molar-refractivity contribution < 1.29 is 4.74 Å². The Morgan fingerprint density at radius 3 is 3.00 bits per heavy atom. The minimum absolute atomic E-state index is 0.402. The summed E-state index contributed by atoms with van der Waals surface area (Å²) in [5, 5.41) is 1.15. The van der Waals surface area contributed by atoms with Crippen LogP contribution in [0.3, 0.4) is 0 Å². The summed E-state index contributed by atoms with van der Waals surface area (Å²) in [6, 6.07) is 6.32. The van der Waals surface area contributed by atoms with Crippen LogP contribution in [0.4, 0.5) is 0 Å². The van der Waals surface area contributed by atoms with E-state index in [2.05, 4.69) is 51.0 Å². The summed E-state index contributed by atoms with van der Waals surface area (Å²) in [6.45, 7) is 3.68. The maximum atomic E-state index is 5.45. The molecule has 0 saturated carbocycles. The second kappa shape index (κ2) is 4.35. The van der Waals surface area contributed by atoms with Gasteiger partial charge in [-0.2, -0.15) is 0 Å². The molecule has 1 aromatic heterocycles. The number of aryl methyl sites for hydroxylation is 1. The molecule has 2 heterocycles. The zero-order valence-electron chi connectivity index (χ0n) is 9.61. The normalized spacial score (nSPS) is 20.0. The van der Waals surface area contributed by atoms with Gasteiger partial charge in [-0.05, 0) is 40.9 Å². The minimum atomic E-state index is 0.402. The number of aromatic nitrogens is 2. The van der Waals surface area contributed by atoms with Crippen LogP contribution in [0, 0.1) is 6.92 Å². The zero-order valence-corrected chi connectivity index (χ0v) is 11.2. The summed E-state index contributed by atoms with van der Waals surface area (Å²) in [7, 11) is 0. The molecule has 1 saturated heterocycles. The average molecular weight is 293 g/mol. The molecule has 3 rings (SSSR count). The van der Waals surface area contributed by atoms with E-state index in [0.717, 1.165) is 36.2 Å². The Morgan fingerprint density at radius 1 is 1.35 bits per heavy atom. The Bertz CT molecular complexity index is 559. The van der Waals surface area contributed by atoms with Gasteiger partial charge in [-0.25, -0.2) is 9.97 Å². The molecule has 88 valence electrons. The number of hydrogen-bond donors (Lipinski definition) is 0. The molecule has 1 aliphatic rings. The Balaban J connectivity index is 2.21. The lowest BCUT2D eigenvalue weighted by atomic mass is 9.99. The third kappa shape index (κ3) is 2.07. The van der Waals surface area contributed by atoms with Crippen molar-refractivity contribution in [2.24, 2.45) is 0 Å². The van der Waals surface area contributed by atoms with Crippen molar-refractivity contribution in [3.8, 4) is 0 Å². The van der Waals surface area contributed by atoms with Gasteiger partial charge >= 0.3 is 0 Å². The number of nitrogens with zero attached hydrogens (tertiary/aromatic N) is 2. The third-order valence-electron chi connectivity index (χ3n) is 3.17. The van der Waals surface area contributed by atoms with Crippen molar-refractivity contribution in [3.05, 3.63) is 34.2 Å². The van der Waals surface area contributed by atoms with Crippen LogP contribution in [-0.2, 0) is 4.74 Å². The Morgan fingerprint density at radius 2 is 2.24 bits per heavy atom. The van der Waals surface area contributed by atoms with Crippen LogP contribution in [0.1, 0.15) is 23.6 Å². The number of benzene rings is 1. The molecule has 0 spiro atoms. The molecule has 0 amide bonds. The largest absolute Gasteiger partial charge is 0.381 e. The summed E-state index contributed by atoms with van der Waals surface area (Å²) < 4.78 is 6.11. The topological polar surface area (TPSA) is 35.0 Å². The first kappa shape index (κ1) is 11.1. The minimum Gasteiger partial charge on any atom is -0.381 e. The number of ether oxygens (including phenoxy) is 1. The smallest absolute Gasteiger partial charge is 0.197 e. The molecule has 1 atom stereocenters. The van der Waals surface area contributed by atoms with E-state index >= 15 is 0 Å². The summed E-state index contributed by atoms with van der Waals surface area (Å²) in [5.74, 6) is 0.402. The van der Waals surface area contributed by atoms with Crippen molar-refractivity contribution in [1.82, 2.24) is 9.97 Å². The highest BCUT2D eigenvalue weighted by Gasteiger charge is 2.22. The highest BCUT2D eigenvalue weighted by Crippen LogP contribution is 2.30. The first-order valence-corrected chi connectivity index (χ1v) is 6.55. The number of hydrogen-bond acceptors (Lipinski definition) is 3. The van der Waals surface area contributed by atoms with Gasteiger partial charge < -0.3 is 4.74 Å². The Hall–Kier alpha value is -1.00. The zero-order chi connectivity index (χ0) is 11.8. The van der Waals surface area contributed by atoms with Crippen LogP contribution in [0.2, 0.25) is 0 Å². The van der Waals surface area contributed by atoms with Crippen molar-refractivity contribution in [3.63, 3.8) is 0 Å². The van der Waals surface area contributed by atoms with E-state index in [1.165, 1.54) is 5.56 Å². The number of halogens is 1. The SMILES string of the molecule is Cc1ccc2c(C3CCOC3)nc(Br)nc2c1. The van der Waals surface area contributed by atoms with Gasteiger partial charge in [0.05, 0.1) is 17.8 Å². The molecule has 0 bridgehead atoms. The van der Waals surface area contributed by atoms with Gasteiger partial charge in [0.2, 0.25) is 0 Å². The lowest BCUT2D eigenvalue weighted by Gasteiger charge is -2.11. The summed E-state index contributed by atoms with van der Waals surface area (Å²) in [5.41, 5.74) is 3.34. The lowest BCUT2D eigenvalue weighted by Crippen LogP contribution is -2.03. The summed E-state index contributed by atoms with van der Waals surface area (Å²) in [4.78, 5) is 8.97. The highest BCUT2D eigenvalue weighted by molar-refractivity contribution is 9.10. The molecular formula is C13H13BrN2O. The number of fused-ring (bicyclic) bond motifs is 1. The molecule has 1 unspecified atom stereocenters. The Labute approximate surface area is 108 Å². The third-order valence-corrected chi connectivity index (χ3v) is 3.53. The average Bonchev–Trinajstić information content (AvgIpc) is 2.80. The Kier molecular flexibility index (Phi) is 2.84. The van der Waals surface area contributed by atoms with Gasteiger partial charge in [-0.3, -0.25) is 0 Å². The first-order valence-electron chi connectivity index (χ1n) is 5.75. The van der Waals surface area contributed by atoms with Crippen molar-refractivity contribution in [1.29, 1.82) is 0 Å². The van der Waals surface area contributed by atoms with Crippen LogP contribution in [0.5, 0.6) is 0 Å². The molecule has 0 radical (unpaired) electrons. The van der Waals surface area contributed by atoms with Crippen LogP contribution in [0.15, 0.2) is 22.9 Å². The number of rotatable bonds is 1. The fourth-order valence-corrected chi connectivity index (χ4v) is 2.68. The van der Waals surface area contributed by atoms with Crippen molar-refractivity contribution in [2.75, 3.05) is 13.2 Å². The van der Waals surface area contributed by atoms with E-state index in [1.807, 2.05) is 0 Å². The van der Waals surface area contributed by atoms with Crippen LogP contribution in [-0.4, -0.2) is 23.2 Å². The second-order valence-electron chi connectivity index (χ2n) is 4.46. The van der Waals surface area contributed by atoms with Crippen molar-refractivity contribution >= 4 is 26.8 Å². The van der Waals surface area contributed by atoms with Crippen LogP contribution < -0.4 is 0 Å². The maximum Gasteiger partial charge on any atom is 0.197 e. The van der Waals surface area contributed by atoms with Crippen LogP contribution >= 0.6 is 15.9 Å². The molecule has 0 aliphatic carbocycles. The van der Waals surface area contributed by atoms with E-state index in [-0.39, 0.29) is 0 Å². The van der Waals surface area contributed by atoms with Gasteiger partial charge in [-0.1, -0.05) is 12.1 Å². The quantitative estimate of drug-likeness (QED) is 0.757. The predicted molar refractivity (Wildman–Crippen MR) is 70.2 cm³/mol. The van der Waals surface area contributed by atoms with E-state index in [9.17, 15) is 0 Å². The van der Waals surface area contributed by atoms with E-state index < -0.39 is 0 Å². The fraction of sp³-hybridized carbons (Fsp3) is 0.385. The molecule has 1 aromatic carbocycles. The molecule has 4 heteroatoms. The molecule has 3 nitrogen and oxygen atoms in total. The van der Waals surface area contributed by atoms with Gasteiger partial charge in [0.25, 0.3) is 0 Å². The van der Waals surface area contributed by atoms with Gasteiger partial charge in [-0.15, -0.1) is 0 Å². The standard InChI is InChI=1S/C13H13BrN2O/c1-8-2-3-10-11(6-8)15-13(14)16-12(10)9-4-5-17-7-9/h2-3,6,9H,4-5,7H2,1H3. The van der Waals surface area contributed by atoms with Crippen molar-refractivity contribution in [2.45, 2.75) is 19.3 Å². The molecule has 1 fully saturated rings. The summed E-state index contributed by atoms with van der Waals surface area (Å²) in [6.07, 6.45) is 1.05. The van der Waals surface area contributed by atoms with E-state index in [1.54, 1.807) is 0 Å². The lowest BCUT2D eigenvalue weighted by molar-refractivity contribution is 0.193. The molecular weight excluding hydrogens is 280 g/mol. The summed E-state index contributed by atoms with van der Waals surface area (Å²) >= 11 is 3.39. The van der Waals surface area contributed by atoms with Gasteiger partial charge in [0.1, 0.15) is 0 Å².